The van der Waals surface area contributed by atoms with Crippen LogP contribution in [0, 0.1) is 0 Å². The molecule has 2 aliphatic carbocycles. The molecule has 0 aromatic rings. The molecule has 2 rings (SSSR count). The van der Waals surface area contributed by atoms with Crippen molar-refractivity contribution in [3.63, 3.8) is 0 Å². The average Bonchev–Trinajstić information content (AvgIpc) is 2.67. The fraction of sp³-hybridized carbons (Fsp3) is 0.286. The summed E-state index contributed by atoms with van der Waals surface area (Å²) >= 11 is 0. The molecule has 6 heteroatoms. The van der Waals surface area contributed by atoms with E-state index in [-0.39, 0.29) is 40.6 Å². The van der Waals surface area contributed by atoms with Crippen LogP contribution in [-0.2, 0) is 14.9 Å². The number of rotatable bonds is 4. The van der Waals surface area contributed by atoms with Gasteiger partial charge in [-0.15, -0.1) is 0 Å². The first-order valence-corrected chi connectivity index (χ1v) is 7.45. The van der Waals surface area contributed by atoms with Gasteiger partial charge in [0.1, 0.15) is 4.90 Å². The second-order valence-corrected chi connectivity index (χ2v) is 5.70. The molecule has 1 N–H and O–H groups in total. The molecule has 0 bridgehead atoms. The van der Waals surface area contributed by atoms with Gasteiger partial charge in [-0.1, -0.05) is 37.3 Å². The molecule has 0 saturated heterocycles. The van der Waals surface area contributed by atoms with E-state index in [1.807, 2.05) is 19.1 Å². The quantitative estimate of drug-likeness (QED) is 0.696. The maximum atomic E-state index is 11.4. The first-order chi connectivity index (χ1) is 8.99. The van der Waals surface area contributed by atoms with Crippen molar-refractivity contribution < 1.29 is 17.7 Å². The van der Waals surface area contributed by atoms with Crippen LogP contribution in [0.4, 0.5) is 0 Å². The normalized spacial score (nSPS) is 12.9. The molecule has 0 fully saturated rings. The Hall–Kier alpha value is -0.430. The summed E-state index contributed by atoms with van der Waals surface area (Å²) < 4.78 is 37.4. The van der Waals surface area contributed by atoms with Gasteiger partial charge in [-0.25, -0.2) is 0 Å². The van der Waals surface area contributed by atoms with Crippen molar-refractivity contribution in [2.75, 3.05) is 7.11 Å². The van der Waals surface area contributed by atoms with Gasteiger partial charge in [0, 0.05) is 12.7 Å². The molecule has 1 unspecified atom stereocenters. The third kappa shape index (κ3) is 3.42. The molecule has 0 radical (unpaired) electrons. The van der Waals surface area contributed by atoms with Crippen molar-refractivity contribution in [2.24, 2.45) is 0 Å². The van der Waals surface area contributed by atoms with Crippen molar-refractivity contribution in [1.29, 1.82) is 0 Å². The van der Waals surface area contributed by atoms with Crippen LogP contribution in [0.3, 0.4) is 0 Å². The molecular weight excluding hydrogens is 287 g/mol. The molecule has 0 heterocycles. The standard InChI is InChI=1S/C14H16O4S.Na.H/c1-3-13(18-2)11-6-4-5-7-12-10(11)8-9-14(12)19(15,16)17;;/h4-9,13H,3H2,1-2H3,(H,15,16,17);;. The summed E-state index contributed by atoms with van der Waals surface area (Å²) in [5, 5.41) is 0. The summed E-state index contributed by atoms with van der Waals surface area (Å²) in [6, 6.07) is 10.3. The van der Waals surface area contributed by atoms with Crippen molar-refractivity contribution >= 4 is 39.7 Å². The van der Waals surface area contributed by atoms with E-state index in [0.717, 1.165) is 17.5 Å². The molecule has 0 aliphatic heterocycles. The number of hydrogen-bond donors (Lipinski definition) is 1. The van der Waals surface area contributed by atoms with Crippen LogP contribution in [0.1, 0.15) is 25.0 Å². The Morgan fingerprint density at radius 1 is 1.15 bits per heavy atom. The van der Waals surface area contributed by atoms with Gasteiger partial charge in [0.2, 0.25) is 0 Å². The zero-order chi connectivity index (χ0) is 14.0. The van der Waals surface area contributed by atoms with Crippen LogP contribution in [0.5, 0.6) is 0 Å². The Balaban J connectivity index is 0.00000200. The molecule has 4 nitrogen and oxygen atoms in total. The van der Waals surface area contributed by atoms with E-state index in [4.69, 9.17) is 4.74 Å². The van der Waals surface area contributed by atoms with Crippen molar-refractivity contribution in [2.45, 2.75) is 24.3 Å². The molecular formula is C14H17NaO4S. The van der Waals surface area contributed by atoms with Crippen LogP contribution in [0.15, 0.2) is 41.3 Å². The molecule has 0 saturated carbocycles. The van der Waals surface area contributed by atoms with E-state index in [0.29, 0.717) is 5.56 Å². The zero-order valence-electron chi connectivity index (χ0n) is 10.8. The van der Waals surface area contributed by atoms with E-state index in [1.165, 1.54) is 6.07 Å². The van der Waals surface area contributed by atoms with Crippen LogP contribution >= 0.6 is 0 Å². The summed E-state index contributed by atoms with van der Waals surface area (Å²) in [6.45, 7) is 2.00. The zero-order valence-corrected chi connectivity index (χ0v) is 11.6. The Morgan fingerprint density at radius 2 is 1.80 bits per heavy atom. The van der Waals surface area contributed by atoms with E-state index in [1.54, 1.807) is 25.3 Å². The summed E-state index contributed by atoms with van der Waals surface area (Å²) in [7, 11) is -2.59. The Labute approximate surface area is 141 Å². The van der Waals surface area contributed by atoms with Crippen molar-refractivity contribution in [3.05, 3.63) is 42.0 Å². The molecule has 104 valence electrons. The van der Waals surface area contributed by atoms with E-state index >= 15 is 0 Å². The Kier molecular flexibility index (Phi) is 6.19. The molecule has 0 aromatic heterocycles. The topological polar surface area (TPSA) is 63.6 Å². The summed E-state index contributed by atoms with van der Waals surface area (Å²) in [6.07, 6.45) is 0.675. The average molecular weight is 304 g/mol. The molecule has 1 atom stereocenters. The summed E-state index contributed by atoms with van der Waals surface area (Å²) in [5.74, 6) is 0. The van der Waals surface area contributed by atoms with E-state index in [2.05, 4.69) is 0 Å². The van der Waals surface area contributed by atoms with Gasteiger partial charge < -0.3 is 4.74 Å². The Bertz CT molecular complexity index is 650. The Morgan fingerprint density at radius 3 is 2.35 bits per heavy atom. The van der Waals surface area contributed by atoms with Gasteiger partial charge in [0.05, 0.1) is 6.10 Å². The fourth-order valence-corrected chi connectivity index (χ4v) is 3.01. The minimum atomic E-state index is -4.21. The van der Waals surface area contributed by atoms with Crippen LogP contribution in [0.2, 0.25) is 0 Å². The van der Waals surface area contributed by atoms with Gasteiger partial charge in [0.15, 0.2) is 0 Å². The van der Waals surface area contributed by atoms with E-state index < -0.39 is 10.1 Å². The fourth-order valence-electron chi connectivity index (χ4n) is 2.31. The number of ether oxygens (including phenoxy) is 1. The number of hydrogen-bond acceptors (Lipinski definition) is 3. The molecule has 0 spiro atoms. The molecule has 20 heavy (non-hydrogen) atoms. The van der Waals surface area contributed by atoms with Gasteiger partial charge >= 0.3 is 29.6 Å². The van der Waals surface area contributed by atoms with Crippen molar-refractivity contribution in [1.82, 2.24) is 0 Å². The number of methoxy groups -OCH3 is 1. The second kappa shape index (κ2) is 7.02. The third-order valence-corrected chi connectivity index (χ3v) is 4.11. The maximum absolute atomic E-state index is 11.4. The molecule has 0 aromatic carbocycles. The van der Waals surface area contributed by atoms with Gasteiger partial charge in [0.25, 0.3) is 10.1 Å². The first kappa shape index (κ1) is 17.6. The van der Waals surface area contributed by atoms with Crippen LogP contribution in [-0.4, -0.2) is 49.6 Å². The molecule has 0 amide bonds. The van der Waals surface area contributed by atoms with Crippen molar-refractivity contribution in [3.8, 4) is 11.1 Å². The van der Waals surface area contributed by atoms with Gasteiger partial charge in [-0.3, -0.25) is 4.55 Å². The van der Waals surface area contributed by atoms with Gasteiger partial charge in [-0.2, -0.15) is 8.42 Å². The van der Waals surface area contributed by atoms with Crippen LogP contribution in [0.25, 0.3) is 11.1 Å². The van der Waals surface area contributed by atoms with Gasteiger partial charge in [-0.05, 0) is 23.6 Å². The minimum absolute atomic E-state index is 0. The predicted molar refractivity (Wildman–Crippen MR) is 80.1 cm³/mol. The number of fused-ring (bicyclic) bond motifs is 1. The summed E-state index contributed by atoms with van der Waals surface area (Å²) in [5.41, 5.74) is 2.21. The summed E-state index contributed by atoms with van der Waals surface area (Å²) in [4.78, 5) is -0.0640. The third-order valence-electron chi connectivity index (χ3n) is 3.20. The van der Waals surface area contributed by atoms with E-state index in [9.17, 15) is 13.0 Å². The SMILES string of the molecule is CCC(OC)c1ccccc2c(S(=O)(=O)O)ccc1-2.[NaH]. The molecule has 2 aliphatic rings. The monoisotopic (exact) mass is 304 g/mol. The second-order valence-electron chi connectivity index (χ2n) is 4.31. The first-order valence-electron chi connectivity index (χ1n) is 6.01. The predicted octanol–water partition coefficient (Wildman–Crippen LogP) is 2.49. The van der Waals surface area contributed by atoms with Crippen LogP contribution < -0.4 is 0 Å².